The highest BCUT2D eigenvalue weighted by atomic mass is 79.9. The molecule has 0 saturated carbocycles. The van der Waals surface area contributed by atoms with Gasteiger partial charge in [0.15, 0.2) is 23.0 Å². The summed E-state index contributed by atoms with van der Waals surface area (Å²) in [5.41, 5.74) is 1.89. The van der Waals surface area contributed by atoms with Gasteiger partial charge in [0.05, 0.1) is 16.0 Å². The molecule has 0 unspecified atom stereocenters. The van der Waals surface area contributed by atoms with Crippen LogP contribution in [0.25, 0.3) is 6.08 Å². The maximum atomic E-state index is 13.0. The first-order chi connectivity index (χ1) is 19.3. The van der Waals surface area contributed by atoms with Gasteiger partial charge in [-0.15, -0.1) is 0 Å². The fraction of sp³-hybridized carbons (Fsp3) is 0.179. The van der Waals surface area contributed by atoms with Gasteiger partial charge in [-0.3, -0.25) is 19.3 Å². The summed E-state index contributed by atoms with van der Waals surface area (Å²) < 4.78 is 23.0. The molecule has 0 bridgehead atoms. The number of nitrogens with zero attached hydrogens (tertiary/aromatic N) is 1. The van der Waals surface area contributed by atoms with E-state index in [0.29, 0.717) is 50.4 Å². The van der Waals surface area contributed by atoms with Gasteiger partial charge in [0.1, 0.15) is 13.2 Å². The molecule has 0 aliphatic carbocycles. The van der Waals surface area contributed by atoms with Crippen LogP contribution in [0.3, 0.4) is 0 Å². The zero-order chi connectivity index (χ0) is 28.2. The van der Waals surface area contributed by atoms with Crippen LogP contribution in [0.5, 0.6) is 23.0 Å². The number of hydrogen-bond acceptors (Lipinski definition) is 8. The molecule has 9 nitrogen and oxygen atoms in total. The molecule has 3 aromatic carbocycles. The van der Waals surface area contributed by atoms with E-state index in [2.05, 4.69) is 21.2 Å². The molecule has 5 rings (SSSR count). The lowest BCUT2D eigenvalue weighted by molar-refractivity contribution is -0.127. The number of nitrogens with one attached hydrogen (secondary N) is 1. The molecule has 1 N–H and O–H groups in total. The van der Waals surface area contributed by atoms with Crippen molar-refractivity contribution in [2.75, 3.05) is 25.3 Å². The van der Waals surface area contributed by atoms with Crippen molar-refractivity contribution < 1.29 is 33.3 Å². The number of halogens is 2. The van der Waals surface area contributed by atoms with Gasteiger partial charge in [-0.1, -0.05) is 29.8 Å². The molecule has 1 fully saturated rings. The normalized spacial score (nSPS) is 15.1. The summed E-state index contributed by atoms with van der Waals surface area (Å²) in [6.45, 7) is 2.13. The Labute approximate surface area is 247 Å². The van der Waals surface area contributed by atoms with Crippen LogP contribution in [-0.2, 0) is 16.2 Å². The van der Waals surface area contributed by atoms with Gasteiger partial charge in [-0.05, 0) is 76.6 Å². The van der Waals surface area contributed by atoms with Gasteiger partial charge in [0, 0.05) is 22.3 Å². The molecule has 3 amide bonds. The highest BCUT2D eigenvalue weighted by molar-refractivity contribution is 9.10. The lowest BCUT2D eigenvalue weighted by atomic mass is 10.1. The summed E-state index contributed by atoms with van der Waals surface area (Å²) in [4.78, 5) is 39.3. The maximum Gasteiger partial charge on any atom is 0.294 e. The number of carbonyl (C=O) groups is 3. The summed E-state index contributed by atoms with van der Waals surface area (Å²) in [6.07, 6.45) is 1.58. The molecule has 0 radical (unpaired) electrons. The van der Waals surface area contributed by atoms with Crippen LogP contribution in [0.1, 0.15) is 18.1 Å². The molecule has 0 atom stereocenters. The molecule has 3 aromatic rings. The number of ether oxygens (including phenoxy) is 4. The highest BCUT2D eigenvalue weighted by Gasteiger charge is 2.36. The number of amides is 3. The topological polar surface area (TPSA) is 103 Å². The third-order valence-electron chi connectivity index (χ3n) is 5.79. The van der Waals surface area contributed by atoms with Crippen molar-refractivity contribution in [2.45, 2.75) is 13.5 Å². The number of benzene rings is 3. The number of rotatable bonds is 9. The second-order valence-corrected chi connectivity index (χ2v) is 10.8. The van der Waals surface area contributed by atoms with Crippen LogP contribution >= 0.6 is 39.3 Å². The quantitative estimate of drug-likeness (QED) is 0.264. The predicted molar refractivity (Wildman–Crippen MR) is 155 cm³/mol. The summed E-state index contributed by atoms with van der Waals surface area (Å²) in [5.74, 6) is 0.927. The Bertz CT molecular complexity index is 1530. The Morgan fingerprint density at radius 1 is 1.12 bits per heavy atom. The molecule has 206 valence electrons. The van der Waals surface area contributed by atoms with Crippen LogP contribution in [0, 0.1) is 0 Å². The number of thioether (sulfide) groups is 1. The van der Waals surface area contributed by atoms with E-state index >= 15 is 0 Å². The van der Waals surface area contributed by atoms with E-state index in [-0.39, 0.29) is 18.3 Å². The van der Waals surface area contributed by atoms with Gasteiger partial charge in [-0.25, -0.2) is 0 Å². The minimum Gasteiger partial charge on any atom is -0.490 e. The second kappa shape index (κ2) is 12.2. The molecule has 2 aliphatic heterocycles. The first kappa shape index (κ1) is 27.9. The van der Waals surface area contributed by atoms with Crippen molar-refractivity contribution in [3.63, 3.8) is 0 Å². The molecule has 0 spiro atoms. The fourth-order valence-electron chi connectivity index (χ4n) is 3.95. The Kier molecular flexibility index (Phi) is 8.53. The van der Waals surface area contributed by atoms with Crippen LogP contribution in [0.2, 0.25) is 5.02 Å². The van der Waals surface area contributed by atoms with Crippen molar-refractivity contribution in [1.82, 2.24) is 4.90 Å². The number of anilines is 1. The van der Waals surface area contributed by atoms with Crippen LogP contribution in [0.15, 0.2) is 64.0 Å². The van der Waals surface area contributed by atoms with E-state index in [4.69, 9.17) is 30.5 Å². The Morgan fingerprint density at radius 3 is 2.73 bits per heavy atom. The second-order valence-electron chi connectivity index (χ2n) is 8.53. The molecule has 12 heteroatoms. The number of carbonyl (C=O) groups excluding carboxylic acids is 3. The average Bonchev–Trinajstić information content (AvgIpc) is 3.49. The summed E-state index contributed by atoms with van der Waals surface area (Å²) in [6, 6.07) is 15.8. The van der Waals surface area contributed by atoms with Crippen LogP contribution in [-0.4, -0.2) is 41.9 Å². The number of imide groups is 1. The van der Waals surface area contributed by atoms with Gasteiger partial charge >= 0.3 is 0 Å². The average molecular weight is 646 g/mol. The smallest absolute Gasteiger partial charge is 0.294 e. The molecule has 2 heterocycles. The molecule has 1 saturated heterocycles. The van der Waals surface area contributed by atoms with Crippen molar-refractivity contribution in [3.8, 4) is 23.0 Å². The van der Waals surface area contributed by atoms with E-state index in [0.717, 1.165) is 22.2 Å². The van der Waals surface area contributed by atoms with Crippen molar-refractivity contribution in [1.29, 1.82) is 0 Å². The summed E-state index contributed by atoms with van der Waals surface area (Å²) in [5, 5.41) is 2.72. The molecule has 40 heavy (non-hydrogen) atoms. The largest absolute Gasteiger partial charge is 0.490 e. The monoisotopic (exact) mass is 644 g/mol. The minimum atomic E-state index is -0.566. The van der Waals surface area contributed by atoms with E-state index in [1.165, 1.54) is 0 Å². The zero-order valence-corrected chi connectivity index (χ0v) is 24.2. The van der Waals surface area contributed by atoms with Gasteiger partial charge in [0.2, 0.25) is 12.7 Å². The van der Waals surface area contributed by atoms with Crippen molar-refractivity contribution in [3.05, 3.63) is 80.1 Å². The maximum absolute atomic E-state index is 13.0. The third kappa shape index (κ3) is 6.22. The SMILES string of the molecule is CCOc1cc(/C=C2/SC(=O)N(CC(=O)Nc3ccc4c(c3)OCO4)C2=O)cc(Br)c1OCc1ccccc1Cl. The van der Waals surface area contributed by atoms with E-state index in [1.54, 1.807) is 42.5 Å². The molecular formula is C28H22BrClN2O7S. The Hall–Kier alpha value is -3.67. The van der Waals surface area contributed by atoms with E-state index in [1.807, 2.05) is 25.1 Å². The van der Waals surface area contributed by atoms with Gasteiger partial charge in [-0.2, -0.15) is 0 Å². The number of fused-ring (bicyclic) bond motifs is 1. The standard InChI is InChI=1S/C28H22BrClN2O7S/c1-2-36-23-10-16(9-19(29)26(23)37-14-17-5-3-4-6-20(17)30)11-24-27(34)32(28(35)40-24)13-25(33)31-18-7-8-21-22(12-18)39-15-38-21/h3-12H,2,13-15H2,1H3,(H,31,33)/b24-11+. The third-order valence-corrected chi connectivity index (χ3v) is 7.66. The lowest BCUT2D eigenvalue weighted by Crippen LogP contribution is -2.36. The first-order valence-corrected chi connectivity index (χ1v) is 14.1. The molecule has 0 aromatic heterocycles. The fourth-order valence-corrected chi connectivity index (χ4v) is 5.55. The Balaban J connectivity index is 1.29. The zero-order valence-electron chi connectivity index (χ0n) is 21.1. The van der Waals surface area contributed by atoms with Gasteiger partial charge < -0.3 is 24.3 Å². The Morgan fingerprint density at radius 2 is 1.93 bits per heavy atom. The van der Waals surface area contributed by atoms with Gasteiger partial charge in [0.25, 0.3) is 11.1 Å². The lowest BCUT2D eigenvalue weighted by Gasteiger charge is -2.15. The summed E-state index contributed by atoms with van der Waals surface area (Å²) >= 11 is 10.5. The van der Waals surface area contributed by atoms with Crippen LogP contribution in [0.4, 0.5) is 10.5 Å². The predicted octanol–water partition coefficient (Wildman–Crippen LogP) is 6.48. The van der Waals surface area contributed by atoms with Crippen molar-refractivity contribution in [2.24, 2.45) is 0 Å². The van der Waals surface area contributed by atoms with E-state index < -0.39 is 23.6 Å². The highest BCUT2D eigenvalue weighted by Crippen LogP contribution is 2.40. The van der Waals surface area contributed by atoms with E-state index in [9.17, 15) is 14.4 Å². The number of hydrogen-bond donors (Lipinski definition) is 1. The van der Waals surface area contributed by atoms with Crippen LogP contribution < -0.4 is 24.3 Å². The van der Waals surface area contributed by atoms with Crippen molar-refractivity contribution >= 4 is 68.1 Å². The molecule has 2 aliphatic rings. The minimum absolute atomic E-state index is 0.108. The molecular weight excluding hydrogens is 624 g/mol. The first-order valence-electron chi connectivity index (χ1n) is 12.1. The summed E-state index contributed by atoms with van der Waals surface area (Å²) in [7, 11) is 0.